The average molecular weight is 427 g/mol. The lowest BCUT2D eigenvalue weighted by Crippen LogP contribution is -2.13. The maximum atomic E-state index is 14.3. The normalized spacial score (nSPS) is 11.3. The third kappa shape index (κ3) is 4.26. The molecule has 0 fully saturated rings. The van der Waals surface area contributed by atoms with E-state index in [1.807, 2.05) is 54.0 Å². The molecule has 32 heavy (non-hydrogen) atoms. The Hall–Kier alpha value is -3.91. The molecule has 0 saturated heterocycles. The molecule has 0 amide bonds. The fraction of sp³-hybridized carbons (Fsp3) is 0.148. The van der Waals surface area contributed by atoms with E-state index in [4.69, 9.17) is 11.4 Å². The van der Waals surface area contributed by atoms with Gasteiger partial charge in [0.25, 0.3) is 5.92 Å². The number of anilines is 2. The van der Waals surface area contributed by atoms with E-state index in [2.05, 4.69) is 17.8 Å². The summed E-state index contributed by atoms with van der Waals surface area (Å²) in [6.45, 7) is 7.10. The van der Waals surface area contributed by atoms with Crippen molar-refractivity contribution in [3.8, 4) is 12.3 Å². The number of benzene rings is 3. The number of alkyl halides is 2. The lowest BCUT2D eigenvalue weighted by atomic mass is 10.0. The smallest absolute Gasteiger partial charge is 0.270 e. The molecule has 3 nitrogen and oxygen atoms in total. The van der Waals surface area contributed by atoms with Crippen molar-refractivity contribution in [1.29, 1.82) is 0 Å². The number of nitrogens with one attached hydrogen (secondary N) is 1. The zero-order valence-electron chi connectivity index (χ0n) is 18.0. The fourth-order valence-electron chi connectivity index (χ4n) is 3.69. The van der Waals surface area contributed by atoms with E-state index >= 15 is 0 Å². The van der Waals surface area contributed by atoms with Gasteiger partial charge >= 0.3 is 0 Å². The Morgan fingerprint density at radius 2 is 1.84 bits per heavy atom. The minimum Gasteiger partial charge on any atom is -0.326 e. The Morgan fingerprint density at radius 3 is 2.50 bits per heavy atom. The molecule has 4 aromatic rings. The molecule has 4 rings (SSSR count). The first-order chi connectivity index (χ1) is 15.3. The molecule has 5 heteroatoms. The van der Waals surface area contributed by atoms with Gasteiger partial charge in [0.05, 0.1) is 17.6 Å². The van der Waals surface area contributed by atoms with Crippen molar-refractivity contribution in [1.82, 2.24) is 9.55 Å². The van der Waals surface area contributed by atoms with Gasteiger partial charge in [-0.2, -0.15) is 0 Å². The summed E-state index contributed by atoms with van der Waals surface area (Å²) in [5.74, 6) is 0.204. The highest BCUT2D eigenvalue weighted by atomic mass is 19.3. The molecule has 0 spiro atoms. The zero-order chi connectivity index (χ0) is 22.9. The van der Waals surface area contributed by atoms with Gasteiger partial charge in [0.2, 0.25) is 5.95 Å². The predicted molar refractivity (Wildman–Crippen MR) is 127 cm³/mol. The highest BCUT2D eigenvalue weighted by Crippen LogP contribution is 2.32. The maximum Gasteiger partial charge on any atom is 0.270 e. The van der Waals surface area contributed by atoms with Crippen molar-refractivity contribution < 1.29 is 8.78 Å². The molecule has 1 heterocycles. The first-order valence-electron chi connectivity index (χ1n) is 10.2. The van der Waals surface area contributed by atoms with E-state index in [1.165, 1.54) is 6.07 Å². The van der Waals surface area contributed by atoms with Crippen LogP contribution >= 0.6 is 0 Å². The van der Waals surface area contributed by atoms with Gasteiger partial charge in [0, 0.05) is 23.7 Å². The second-order valence-corrected chi connectivity index (χ2v) is 7.90. The van der Waals surface area contributed by atoms with Gasteiger partial charge in [0.15, 0.2) is 0 Å². The van der Waals surface area contributed by atoms with Crippen LogP contribution in [0.25, 0.3) is 16.6 Å². The molecule has 1 N–H and O–H groups in total. The molecule has 0 saturated carbocycles. The number of terminal acetylenes is 1. The molecule has 160 valence electrons. The van der Waals surface area contributed by atoms with Crippen molar-refractivity contribution >= 4 is 28.2 Å². The van der Waals surface area contributed by atoms with Gasteiger partial charge in [-0.1, -0.05) is 48.4 Å². The van der Waals surface area contributed by atoms with Crippen LogP contribution in [0.15, 0.2) is 73.3 Å². The summed E-state index contributed by atoms with van der Waals surface area (Å²) in [7, 11) is 0. The minimum atomic E-state index is -2.95. The topological polar surface area (TPSA) is 29.9 Å². The molecular formula is C27H23F2N3. The Morgan fingerprint density at radius 1 is 1.12 bits per heavy atom. The Bertz CT molecular complexity index is 1340. The number of imidazole rings is 1. The van der Waals surface area contributed by atoms with Crippen LogP contribution in [-0.2, 0) is 12.5 Å². The summed E-state index contributed by atoms with van der Waals surface area (Å²) >= 11 is 0. The second-order valence-electron chi connectivity index (χ2n) is 7.90. The van der Waals surface area contributed by atoms with Crippen molar-refractivity contribution in [2.24, 2.45) is 0 Å². The van der Waals surface area contributed by atoms with Gasteiger partial charge in [-0.15, -0.1) is 6.42 Å². The molecule has 0 aliphatic heterocycles. The quantitative estimate of drug-likeness (QED) is 0.337. The number of hydrogen-bond donors (Lipinski definition) is 1. The molecular weight excluding hydrogens is 404 g/mol. The van der Waals surface area contributed by atoms with Crippen LogP contribution in [0.4, 0.5) is 20.4 Å². The summed E-state index contributed by atoms with van der Waals surface area (Å²) in [4.78, 5) is 4.76. The number of fused-ring (bicyclic) bond motifs is 1. The lowest BCUT2D eigenvalue weighted by molar-refractivity contribution is 0.0165. The number of aromatic nitrogens is 2. The van der Waals surface area contributed by atoms with Crippen LogP contribution in [-0.4, -0.2) is 9.55 Å². The van der Waals surface area contributed by atoms with Crippen molar-refractivity contribution in [3.63, 3.8) is 0 Å². The lowest BCUT2D eigenvalue weighted by Gasteiger charge is -2.18. The van der Waals surface area contributed by atoms with Crippen LogP contribution < -0.4 is 5.32 Å². The standard InChI is InChI=1S/C27H23F2N3/c1-5-19-10-13-22(14-11-19)30-26-31-24-16-20(18(2)3)12-15-25(24)32(26)17-21-8-6-7-9-23(21)27(4,28)29/h1,6-16H,2,17H2,3-4H3,(H,30,31). The highest BCUT2D eigenvalue weighted by Gasteiger charge is 2.27. The minimum absolute atomic E-state index is 0.00438. The second kappa shape index (κ2) is 8.32. The van der Waals surface area contributed by atoms with Gasteiger partial charge < -0.3 is 9.88 Å². The molecule has 3 aromatic carbocycles. The molecule has 0 bridgehead atoms. The molecule has 1 aromatic heterocycles. The van der Waals surface area contributed by atoms with Crippen LogP contribution in [0.3, 0.4) is 0 Å². The van der Waals surface area contributed by atoms with Crippen molar-refractivity contribution in [2.45, 2.75) is 26.3 Å². The number of allylic oxidation sites excluding steroid dienone is 1. The van der Waals surface area contributed by atoms with Crippen LogP contribution in [0.5, 0.6) is 0 Å². The van der Waals surface area contributed by atoms with Crippen LogP contribution in [0.1, 0.15) is 36.1 Å². The van der Waals surface area contributed by atoms with Crippen LogP contribution in [0.2, 0.25) is 0 Å². The van der Waals surface area contributed by atoms with E-state index in [0.29, 0.717) is 11.5 Å². The third-order valence-electron chi connectivity index (χ3n) is 5.37. The van der Waals surface area contributed by atoms with E-state index < -0.39 is 5.92 Å². The van der Waals surface area contributed by atoms with Gasteiger partial charge in [-0.05, 0) is 54.4 Å². The monoisotopic (exact) mass is 427 g/mol. The number of halogens is 2. The number of rotatable bonds is 6. The van der Waals surface area contributed by atoms with E-state index in [-0.39, 0.29) is 12.1 Å². The molecule has 0 atom stereocenters. The summed E-state index contributed by atoms with van der Waals surface area (Å²) < 4.78 is 30.4. The highest BCUT2D eigenvalue weighted by molar-refractivity contribution is 5.83. The predicted octanol–water partition coefficient (Wildman–Crippen LogP) is 6.95. The van der Waals surface area contributed by atoms with Gasteiger partial charge in [0.1, 0.15) is 0 Å². The summed E-state index contributed by atoms with van der Waals surface area (Å²) in [5.41, 5.74) is 5.62. The Balaban J connectivity index is 1.83. The Kier molecular flexibility index (Phi) is 5.54. The Labute approximate surface area is 186 Å². The van der Waals surface area contributed by atoms with Crippen molar-refractivity contribution in [2.75, 3.05) is 5.32 Å². The van der Waals surface area contributed by atoms with E-state index in [1.54, 1.807) is 18.2 Å². The van der Waals surface area contributed by atoms with Gasteiger partial charge in [-0.25, -0.2) is 13.8 Å². The SMILES string of the molecule is C#Cc1ccc(Nc2nc3cc(C(=C)C)ccc3n2Cc2ccccc2C(C)(F)F)cc1. The summed E-state index contributed by atoms with van der Waals surface area (Å²) in [6, 6.07) is 19.9. The van der Waals surface area contributed by atoms with Crippen molar-refractivity contribution in [3.05, 3.63) is 95.6 Å². The van der Waals surface area contributed by atoms with E-state index in [9.17, 15) is 8.78 Å². The van der Waals surface area contributed by atoms with Crippen LogP contribution in [0, 0.1) is 12.3 Å². The first-order valence-corrected chi connectivity index (χ1v) is 10.2. The first kappa shape index (κ1) is 21.3. The largest absolute Gasteiger partial charge is 0.326 e. The molecule has 0 aliphatic carbocycles. The van der Waals surface area contributed by atoms with Gasteiger partial charge in [-0.3, -0.25) is 0 Å². The van der Waals surface area contributed by atoms with E-state index in [0.717, 1.165) is 40.3 Å². The summed E-state index contributed by atoms with van der Waals surface area (Å²) in [5, 5.41) is 3.31. The summed E-state index contributed by atoms with van der Waals surface area (Å²) in [6.07, 6.45) is 5.45. The molecule has 0 radical (unpaired) electrons. The number of hydrogen-bond acceptors (Lipinski definition) is 2. The molecule has 0 unspecified atom stereocenters. The molecule has 0 aliphatic rings. The zero-order valence-corrected chi connectivity index (χ0v) is 18.0. The average Bonchev–Trinajstić information content (AvgIpc) is 3.10. The number of nitrogens with zero attached hydrogens (tertiary/aromatic N) is 2. The third-order valence-corrected chi connectivity index (χ3v) is 5.37. The fourth-order valence-corrected chi connectivity index (χ4v) is 3.69. The maximum absolute atomic E-state index is 14.3.